The lowest BCUT2D eigenvalue weighted by Crippen LogP contribution is -2.61. The Morgan fingerprint density at radius 1 is 0.933 bits per heavy atom. The van der Waals surface area contributed by atoms with Crippen molar-refractivity contribution in [2.75, 3.05) is 6.61 Å². The van der Waals surface area contributed by atoms with Crippen molar-refractivity contribution < 1.29 is 42.9 Å². The van der Waals surface area contributed by atoms with Crippen LogP contribution >= 0.6 is 11.8 Å². The minimum Gasteiger partial charge on any atom is -0.463 e. The van der Waals surface area contributed by atoms with E-state index >= 15 is 0 Å². The number of benzene rings is 1. The Morgan fingerprint density at radius 3 is 2.31 bits per heavy atom. The molecule has 45 heavy (non-hydrogen) atoms. The van der Waals surface area contributed by atoms with Crippen molar-refractivity contribution in [3.8, 4) is 17.2 Å². The Labute approximate surface area is 263 Å². The monoisotopic (exact) mass is 633 g/mol. The minimum atomic E-state index is -1.33. The van der Waals surface area contributed by atoms with E-state index < -0.39 is 53.7 Å². The van der Waals surface area contributed by atoms with Crippen LogP contribution in [0.4, 0.5) is 0 Å². The summed E-state index contributed by atoms with van der Waals surface area (Å²) in [4.78, 5) is 57.8. The first kappa shape index (κ1) is 31.9. The van der Waals surface area contributed by atoms with Crippen LogP contribution in [-0.4, -0.2) is 70.3 Å². The molecule has 2 aromatic heterocycles. The second-order valence-electron chi connectivity index (χ2n) is 10.6. The molecule has 1 fully saturated rings. The molecule has 0 bridgehead atoms. The van der Waals surface area contributed by atoms with Crippen molar-refractivity contribution in [3.63, 3.8) is 0 Å². The molecular weight excluding hydrogens is 602 g/mol. The molecule has 0 saturated carbocycles. The van der Waals surface area contributed by atoms with Crippen molar-refractivity contribution >= 4 is 46.5 Å². The zero-order chi connectivity index (χ0) is 32.2. The van der Waals surface area contributed by atoms with Crippen LogP contribution in [-0.2, 0) is 55.7 Å². The summed E-state index contributed by atoms with van der Waals surface area (Å²) in [7, 11) is 0. The van der Waals surface area contributed by atoms with Gasteiger partial charge in [0.05, 0.1) is 11.1 Å². The molecule has 0 unspecified atom stereocenters. The summed E-state index contributed by atoms with van der Waals surface area (Å²) in [5, 5.41) is 11.8. The highest BCUT2D eigenvalue weighted by atomic mass is 32.2. The predicted molar refractivity (Wildman–Crippen MR) is 160 cm³/mol. The molecule has 0 amide bonds. The van der Waals surface area contributed by atoms with E-state index in [1.54, 1.807) is 6.20 Å². The third-order valence-corrected chi connectivity index (χ3v) is 8.53. The largest absolute Gasteiger partial charge is 0.463 e. The van der Waals surface area contributed by atoms with Crippen molar-refractivity contribution in [2.45, 2.75) is 81.8 Å². The molecule has 1 aliphatic heterocycles. The van der Waals surface area contributed by atoms with Crippen molar-refractivity contribution in [1.29, 1.82) is 5.26 Å². The molecular formula is C32H31N3O9S. The number of fused-ring (bicyclic) bond motifs is 2. The number of ether oxygens (including phenoxy) is 5. The third-order valence-electron chi connectivity index (χ3n) is 7.40. The van der Waals surface area contributed by atoms with Crippen LogP contribution < -0.4 is 0 Å². The van der Waals surface area contributed by atoms with Gasteiger partial charge in [-0.05, 0) is 42.5 Å². The number of nitriles is 1. The standard InChI is InChI=1S/C32H31N3O9S/c1-16(36)40-15-26-28(41-17(2)37)29(42-18(3)38)30(43-19(4)39)32(44-26)45-31-23(14-33)27(22-9-7-11-25(22)35-31)21-12-13-34-24-10-6-5-8-20(21)24/h5-6,8,10,12-13,26,28-30,32H,7,9,11,15H2,1-4H3/t26-,28+,29+,30-,32+/m1/s1. The summed E-state index contributed by atoms with van der Waals surface area (Å²) in [6.45, 7) is 4.35. The van der Waals surface area contributed by atoms with E-state index in [1.165, 1.54) is 13.8 Å². The van der Waals surface area contributed by atoms with Gasteiger partial charge >= 0.3 is 23.9 Å². The maximum atomic E-state index is 12.3. The average Bonchev–Trinajstić information content (AvgIpc) is 3.45. The van der Waals surface area contributed by atoms with Gasteiger partial charge in [-0.1, -0.05) is 30.0 Å². The van der Waals surface area contributed by atoms with Crippen LogP contribution in [0.1, 0.15) is 50.9 Å². The van der Waals surface area contributed by atoms with Gasteiger partial charge < -0.3 is 23.7 Å². The van der Waals surface area contributed by atoms with Crippen molar-refractivity contribution in [3.05, 3.63) is 53.3 Å². The number of thioether (sulfide) groups is 1. The van der Waals surface area contributed by atoms with E-state index in [4.69, 9.17) is 28.7 Å². The Balaban J connectivity index is 1.64. The van der Waals surface area contributed by atoms with Gasteiger partial charge in [0, 0.05) is 50.5 Å². The van der Waals surface area contributed by atoms with E-state index in [2.05, 4.69) is 11.1 Å². The number of esters is 4. The summed E-state index contributed by atoms with van der Waals surface area (Å²) < 4.78 is 28.2. The molecule has 5 atom stereocenters. The maximum Gasteiger partial charge on any atom is 0.303 e. The average molecular weight is 634 g/mol. The molecule has 0 radical (unpaired) electrons. The lowest BCUT2D eigenvalue weighted by Gasteiger charge is -2.44. The summed E-state index contributed by atoms with van der Waals surface area (Å²) in [6.07, 6.45) is -1.02. The van der Waals surface area contributed by atoms with Gasteiger partial charge in [0.15, 0.2) is 23.7 Å². The van der Waals surface area contributed by atoms with E-state index in [-0.39, 0.29) is 6.61 Å². The number of hydrogen-bond donors (Lipinski definition) is 0. The highest BCUT2D eigenvalue weighted by Gasteiger charge is 2.53. The molecule has 234 valence electrons. The van der Waals surface area contributed by atoms with Gasteiger partial charge in [0.1, 0.15) is 23.8 Å². The molecule has 0 spiro atoms. The summed E-state index contributed by atoms with van der Waals surface area (Å²) in [6, 6.07) is 11.9. The molecule has 1 saturated heterocycles. The number of pyridine rings is 2. The first-order chi connectivity index (χ1) is 21.6. The Bertz CT molecular complexity index is 1700. The van der Waals surface area contributed by atoms with Crippen molar-refractivity contribution in [1.82, 2.24) is 9.97 Å². The molecule has 13 heteroatoms. The number of para-hydroxylation sites is 1. The fourth-order valence-corrected chi connectivity index (χ4v) is 6.94. The van der Waals surface area contributed by atoms with E-state index in [9.17, 15) is 24.4 Å². The molecule has 3 heterocycles. The molecule has 2 aliphatic rings. The number of aryl methyl sites for hydroxylation is 1. The number of aromatic nitrogens is 2. The van der Waals surface area contributed by atoms with Gasteiger partial charge in [-0.25, -0.2) is 4.98 Å². The van der Waals surface area contributed by atoms with Gasteiger partial charge in [0.2, 0.25) is 0 Å². The van der Waals surface area contributed by atoms with Crippen LogP contribution in [0.25, 0.3) is 22.0 Å². The second-order valence-corrected chi connectivity index (χ2v) is 11.7. The van der Waals surface area contributed by atoms with Crippen LogP contribution in [0, 0.1) is 11.3 Å². The lowest BCUT2D eigenvalue weighted by molar-refractivity contribution is -0.237. The number of carbonyl (C=O) groups is 4. The number of nitrogens with zero attached hydrogens (tertiary/aromatic N) is 3. The smallest absolute Gasteiger partial charge is 0.303 e. The highest BCUT2D eigenvalue weighted by molar-refractivity contribution is 7.99. The zero-order valence-electron chi connectivity index (χ0n) is 25.1. The number of carbonyl (C=O) groups excluding carboxylic acids is 4. The van der Waals surface area contributed by atoms with Crippen LogP contribution in [0.3, 0.4) is 0 Å². The van der Waals surface area contributed by atoms with Crippen molar-refractivity contribution in [2.24, 2.45) is 0 Å². The fraction of sp³-hybridized carbons (Fsp3) is 0.406. The topological polar surface area (TPSA) is 164 Å². The van der Waals surface area contributed by atoms with Gasteiger partial charge in [-0.2, -0.15) is 5.26 Å². The minimum absolute atomic E-state index is 0.296. The Kier molecular flexibility index (Phi) is 9.65. The Hall–Kier alpha value is -4.54. The van der Waals surface area contributed by atoms with E-state index in [1.807, 2.05) is 30.3 Å². The van der Waals surface area contributed by atoms with Gasteiger partial charge in [-0.15, -0.1) is 0 Å². The second kappa shape index (κ2) is 13.6. The summed E-state index contributed by atoms with van der Waals surface area (Å²) in [5.41, 5.74) is 3.34. The predicted octanol–water partition coefficient (Wildman–Crippen LogP) is 3.83. The molecule has 3 aromatic rings. The quantitative estimate of drug-likeness (QED) is 0.260. The lowest BCUT2D eigenvalue weighted by atomic mass is 9.93. The molecule has 1 aliphatic carbocycles. The normalized spacial score (nSPS) is 22.2. The van der Waals surface area contributed by atoms with Crippen LogP contribution in [0.5, 0.6) is 0 Å². The molecule has 1 aromatic carbocycles. The molecule has 0 N–H and O–H groups in total. The SMILES string of the molecule is CC(=O)OC[C@H]1O[C@@H](Sc2nc3c(c(-c4ccnc5ccccc45)c2C#N)CCC3)[C@H](OC(C)=O)[C@@H](OC(C)=O)[C@H]1OC(C)=O. The first-order valence-electron chi connectivity index (χ1n) is 14.3. The Morgan fingerprint density at radius 2 is 1.62 bits per heavy atom. The third kappa shape index (κ3) is 6.92. The van der Waals surface area contributed by atoms with Crippen LogP contribution in [0.15, 0.2) is 41.6 Å². The number of hydrogen-bond acceptors (Lipinski definition) is 13. The van der Waals surface area contributed by atoms with Gasteiger partial charge in [-0.3, -0.25) is 24.2 Å². The molecule has 5 rings (SSSR count). The first-order valence-corrected chi connectivity index (χ1v) is 15.2. The fourth-order valence-electron chi connectivity index (χ4n) is 5.75. The van der Waals surface area contributed by atoms with Gasteiger partial charge in [0.25, 0.3) is 0 Å². The van der Waals surface area contributed by atoms with E-state index in [0.717, 1.165) is 71.7 Å². The highest BCUT2D eigenvalue weighted by Crippen LogP contribution is 2.44. The van der Waals surface area contributed by atoms with E-state index in [0.29, 0.717) is 17.0 Å². The van der Waals surface area contributed by atoms with Crippen LogP contribution in [0.2, 0.25) is 0 Å². The summed E-state index contributed by atoms with van der Waals surface area (Å²) >= 11 is 1.01. The summed E-state index contributed by atoms with van der Waals surface area (Å²) in [5.74, 6) is -2.77. The molecule has 12 nitrogen and oxygen atoms in total. The number of rotatable bonds is 8. The maximum absolute atomic E-state index is 12.3. The zero-order valence-corrected chi connectivity index (χ0v) is 25.9.